The molecular weight excluding hydrogens is 474 g/mol. The van der Waals surface area contributed by atoms with Gasteiger partial charge in [-0.1, -0.05) is 24.4 Å². The summed E-state index contributed by atoms with van der Waals surface area (Å²) in [5.74, 6) is 0.226. The third kappa shape index (κ3) is 5.30. The van der Waals surface area contributed by atoms with Crippen molar-refractivity contribution in [1.29, 1.82) is 0 Å². The number of nitrogens with zero attached hydrogens (tertiary/aromatic N) is 2. The van der Waals surface area contributed by atoms with E-state index < -0.39 is 11.6 Å². The highest BCUT2D eigenvalue weighted by Gasteiger charge is 2.26. The average molecular weight is 503 g/mol. The van der Waals surface area contributed by atoms with E-state index in [0.717, 1.165) is 50.2 Å². The molecule has 0 unspecified atom stereocenters. The Bertz CT molecular complexity index is 1200. The van der Waals surface area contributed by atoms with E-state index in [1.807, 2.05) is 10.6 Å². The lowest BCUT2D eigenvalue weighted by molar-refractivity contribution is -0.135. The third-order valence-corrected chi connectivity index (χ3v) is 7.64. The maximum atomic E-state index is 14.3. The fourth-order valence-electron chi connectivity index (χ4n) is 5.48. The van der Waals surface area contributed by atoms with Crippen molar-refractivity contribution >= 4 is 29.1 Å². The summed E-state index contributed by atoms with van der Waals surface area (Å²) in [5.41, 5.74) is 1.69. The summed E-state index contributed by atoms with van der Waals surface area (Å²) in [7, 11) is 0. The van der Waals surface area contributed by atoms with Crippen molar-refractivity contribution in [2.24, 2.45) is 11.8 Å². The van der Waals surface area contributed by atoms with Crippen LogP contribution in [0, 0.1) is 23.5 Å². The zero-order valence-corrected chi connectivity index (χ0v) is 20.3. The minimum absolute atomic E-state index is 0.0545. The molecule has 35 heavy (non-hydrogen) atoms. The smallest absolute Gasteiger partial charge is 0.293 e. The predicted molar refractivity (Wildman–Crippen MR) is 130 cm³/mol. The number of hydrogen-bond acceptors (Lipinski definition) is 4. The molecule has 186 valence electrons. The molecule has 0 saturated heterocycles. The van der Waals surface area contributed by atoms with Crippen LogP contribution in [0.4, 0.5) is 8.78 Å². The van der Waals surface area contributed by atoms with Gasteiger partial charge in [0, 0.05) is 23.7 Å². The molecule has 0 N–H and O–H groups in total. The number of benzene rings is 2. The Morgan fingerprint density at radius 2 is 1.74 bits per heavy atom. The van der Waals surface area contributed by atoms with Crippen molar-refractivity contribution < 1.29 is 23.0 Å². The molecule has 0 radical (unpaired) electrons. The van der Waals surface area contributed by atoms with Crippen LogP contribution >= 0.6 is 11.6 Å². The molecule has 2 fully saturated rings. The summed E-state index contributed by atoms with van der Waals surface area (Å²) in [6.07, 6.45) is 8.01. The minimum Gasteiger partial charge on any atom is -0.492 e. The lowest BCUT2D eigenvalue weighted by Crippen LogP contribution is -2.24. The molecule has 0 amide bonds. The van der Waals surface area contributed by atoms with Gasteiger partial charge in [0.15, 0.2) is 11.6 Å². The molecule has 2 aliphatic rings. The SMILES string of the molecule is O=COC1CCC(Cn2c(-c3ccc(Cl)cc3OCC3CCCC3)nc3cc(F)c(F)cc32)CC1. The average Bonchev–Trinajstić information content (AvgIpc) is 3.48. The van der Waals surface area contributed by atoms with E-state index in [1.54, 1.807) is 12.1 Å². The highest BCUT2D eigenvalue weighted by Crippen LogP contribution is 2.37. The quantitative estimate of drug-likeness (QED) is 0.313. The van der Waals surface area contributed by atoms with Crippen LogP contribution in [-0.4, -0.2) is 28.7 Å². The first-order valence-electron chi connectivity index (χ1n) is 12.4. The molecular formula is C27H29ClF2N2O3. The maximum Gasteiger partial charge on any atom is 0.293 e. The van der Waals surface area contributed by atoms with Gasteiger partial charge >= 0.3 is 0 Å². The van der Waals surface area contributed by atoms with Crippen LogP contribution in [0.25, 0.3) is 22.4 Å². The maximum absolute atomic E-state index is 14.3. The van der Waals surface area contributed by atoms with Crippen molar-refractivity contribution in [2.45, 2.75) is 64.0 Å². The highest BCUT2D eigenvalue weighted by atomic mass is 35.5. The van der Waals surface area contributed by atoms with Gasteiger partial charge < -0.3 is 14.0 Å². The predicted octanol–water partition coefficient (Wildman–Crippen LogP) is 6.94. The topological polar surface area (TPSA) is 53.4 Å². The molecule has 8 heteroatoms. The first kappa shape index (κ1) is 24.0. The molecule has 3 aromatic rings. The van der Waals surface area contributed by atoms with E-state index in [-0.39, 0.29) is 6.10 Å². The number of carbonyl (C=O) groups excluding carboxylic acids is 1. The monoisotopic (exact) mass is 502 g/mol. The Labute approximate surface area is 208 Å². The van der Waals surface area contributed by atoms with Gasteiger partial charge in [0.1, 0.15) is 17.7 Å². The van der Waals surface area contributed by atoms with E-state index in [2.05, 4.69) is 0 Å². The number of hydrogen-bond donors (Lipinski definition) is 0. The summed E-state index contributed by atoms with van der Waals surface area (Å²) in [6.45, 7) is 1.71. The lowest BCUT2D eigenvalue weighted by Gasteiger charge is -2.28. The first-order valence-corrected chi connectivity index (χ1v) is 12.8. The molecule has 2 aliphatic carbocycles. The van der Waals surface area contributed by atoms with E-state index in [9.17, 15) is 13.6 Å². The van der Waals surface area contributed by atoms with Crippen LogP contribution in [0.2, 0.25) is 5.02 Å². The Morgan fingerprint density at radius 1 is 1.00 bits per heavy atom. The molecule has 2 saturated carbocycles. The van der Waals surface area contributed by atoms with Crippen molar-refractivity contribution in [3.63, 3.8) is 0 Å². The standard InChI is InChI=1S/C27H29ClF2N2O3/c28-19-7-10-21(26(11-19)34-15-18-3-1-2-4-18)27-31-24-12-22(29)23(30)13-25(24)32(27)14-17-5-8-20(9-6-17)35-16-33/h7,10-13,16-18,20H,1-6,8-9,14-15H2. The van der Waals surface area contributed by atoms with Gasteiger partial charge in [-0.2, -0.15) is 0 Å². The van der Waals surface area contributed by atoms with Crippen molar-refractivity contribution in [3.05, 3.63) is 47.0 Å². The number of aromatic nitrogens is 2. The summed E-state index contributed by atoms with van der Waals surface area (Å²) < 4.78 is 41.7. The van der Waals surface area contributed by atoms with E-state index >= 15 is 0 Å². The number of fused-ring (bicyclic) bond motifs is 1. The Morgan fingerprint density at radius 3 is 2.49 bits per heavy atom. The molecule has 1 aromatic heterocycles. The van der Waals surface area contributed by atoms with Crippen molar-refractivity contribution in [2.75, 3.05) is 6.61 Å². The van der Waals surface area contributed by atoms with Crippen LogP contribution in [0.15, 0.2) is 30.3 Å². The summed E-state index contributed by atoms with van der Waals surface area (Å²) in [6, 6.07) is 7.81. The van der Waals surface area contributed by atoms with Crippen LogP contribution in [0.1, 0.15) is 51.4 Å². The first-order chi connectivity index (χ1) is 17.0. The minimum atomic E-state index is -0.922. The molecule has 0 atom stereocenters. The molecule has 5 rings (SSSR count). The molecule has 0 bridgehead atoms. The van der Waals surface area contributed by atoms with E-state index in [0.29, 0.717) is 59.1 Å². The molecule has 1 heterocycles. The molecule has 0 aliphatic heterocycles. The molecule has 0 spiro atoms. The second-order valence-corrected chi connectivity index (χ2v) is 10.2. The van der Waals surface area contributed by atoms with Gasteiger partial charge in [0.25, 0.3) is 6.47 Å². The number of imidazole rings is 1. The van der Waals surface area contributed by atoms with Crippen molar-refractivity contribution in [1.82, 2.24) is 9.55 Å². The normalized spacial score (nSPS) is 20.9. The van der Waals surface area contributed by atoms with E-state index in [1.165, 1.54) is 18.9 Å². The Balaban J connectivity index is 1.50. The summed E-state index contributed by atoms with van der Waals surface area (Å²) in [5, 5.41) is 0.559. The van der Waals surface area contributed by atoms with Gasteiger partial charge in [0.05, 0.1) is 23.2 Å². The number of ether oxygens (including phenoxy) is 2. The number of carbonyl (C=O) groups is 1. The van der Waals surface area contributed by atoms with Crippen LogP contribution < -0.4 is 4.74 Å². The van der Waals surface area contributed by atoms with Gasteiger partial charge in [-0.25, -0.2) is 13.8 Å². The second kappa shape index (κ2) is 10.5. The van der Waals surface area contributed by atoms with Gasteiger partial charge in [-0.05, 0) is 68.6 Å². The van der Waals surface area contributed by atoms with Gasteiger partial charge in [-0.15, -0.1) is 0 Å². The number of halogens is 3. The number of rotatable bonds is 8. The Hall–Kier alpha value is -2.67. The van der Waals surface area contributed by atoms with Crippen LogP contribution in [-0.2, 0) is 16.1 Å². The fourth-order valence-corrected chi connectivity index (χ4v) is 5.64. The third-order valence-electron chi connectivity index (χ3n) is 7.41. The van der Waals surface area contributed by atoms with Crippen LogP contribution in [0.3, 0.4) is 0 Å². The fraction of sp³-hybridized carbons (Fsp3) is 0.481. The van der Waals surface area contributed by atoms with Crippen molar-refractivity contribution in [3.8, 4) is 17.1 Å². The Kier molecular flexibility index (Phi) is 7.23. The second-order valence-electron chi connectivity index (χ2n) is 9.78. The summed E-state index contributed by atoms with van der Waals surface area (Å²) >= 11 is 6.31. The van der Waals surface area contributed by atoms with E-state index in [4.69, 9.17) is 26.1 Å². The lowest BCUT2D eigenvalue weighted by atomic mass is 9.87. The zero-order valence-electron chi connectivity index (χ0n) is 19.5. The summed E-state index contributed by atoms with van der Waals surface area (Å²) in [4.78, 5) is 15.4. The zero-order chi connectivity index (χ0) is 24.4. The largest absolute Gasteiger partial charge is 0.492 e. The molecule has 5 nitrogen and oxygen atoms in total. The van der Waals surface area contributed by atoms with Crippen LogP contribution in [0.5, 0.6) is 5.75 Å². The molecule has 2 aromatic carbocycles. The van der Waals surface area contributed by atoms with Gasteiger partial charge in [0.2, 0.25) is 0 Å². The highest BCUT2D eigenvalue weighted by molar-refractivity contribution is 6.30. The van der Waals surface area contributed by atoms with Gasteiger partial charge in [-0.3, -0.25) is 4.79 Å².